The molecule has 2 rings (SSSR count). The molecule has 0 saturated heterocycles. The highest BCUT2D eigenvalue weighted by molar-refractivity contribution is 7.86. The number of hydrogen-bond acceptors (Lipinski definition) is 7. The zero-order valence-corrected chi connectivity index (χ0v) is 13.7. The summed E-state index contributed by atoms with van der Waals surface area (Å²) in [5.74, 6) is -0.206. The molecule has 1 aliphatic carbocycles. The lowest BCUT2D eigenvalue weighted by atomic mass is 10.1. The molecular weight excluding hydrogens is 336 g/mol. The van der Waals surface area contributed by atoms with Gasteiger partial charge in [0.25, 0.3) is 0 Å². The minimum atomic E-state index is -4.12. The zero-order valence-electron chi connectivity index (χ0n) is 12.8. The Labute approximate surface area is 138 Å². The van der Waals surface area contributed by atoms with E-state index in [-0.39, 0.29) is 16.4 Å². The number of benzene rings is 1. The van der Waals surface area contributed by atoms with E-state index in [1.165, 1.54) is 49.6 Å². The highest BCUT2D eigenvalue weighted by Gasteiger charge is 2.17. The number of amides is 1. The van der Waals surface area contributed by atoms with Crippen LogP contribution in [0.25, 0.3) is 0 Å². The second-order valence-corrected chi connectivity index (χ2v) is 6.24. The Hall–Kier alpha value is -2.94. The van der Waals surface area contributed by atoms with Crippen LogP contribution in [0.5, 0.6) is 0 Å². The lowest BCUT2D eigenvalue weighted by Gasteiger charge is -2.07. The van der Waals surface area contributed by atoms with Crippen LogP contribution in [0.15, 0.2) is 58.1 Å². The molecule has 0 aromatic heterocycles. The Balaban J connectivity index is 2.13. The maximum Gasteiger partial charge on any atom is 0.411 e. The highest BCUT2D eigenvalue weighted by atomic mass is 32.2. The molecule has 1 aromatic carbocycles. The number of ketones is 1. The van der Waals surface area contributed by atoms with E-state index in [0.717, 1.165) is 0 Å². The van der Waals surface area contributed by atoms with Gasteiger partial charge in [-0.15, -0.1) is 0 Å². The molecule has 0 unspecified atom stereocenters. The average Bonchev–Trinajstić information content (AvgIpc) is 2.54. The lowest BCUT2D eigenvalue weighted by molar-refractivity contribution is -0.110. The van der Waals surface area contributed by atoms with Gasteiger partial charge in [-0.05, 0) is 55.0 Å². The van der Waals surface area contributed by atoms with Crippen molar-refractivity contribution in [2.45, 2.75) is 11.8 Å². The molecule has 0 atom stereocenters. The summed E-state index contributed by atoms with van der Waals surface area (Å²) in [6.45, 7) is 1.61. The Morgan fingerprint density at radius 1 is 1.17 bits per heavy atom. The monoisotopic (exact) mass is 350 g/mol. The van der Waals surface area contributed by atoms with Crippen molar-refractivity contribution in [3.05, 3.63) is 48.1 Å². The number of anilines is 1. The molecule has 8 nitrogen and oxygen atoms in total. The summed E-state index contributed by atoms with van der Waals surface area (Å²) in [5.41, 5.74) is 1.09. The van der Waals surface area contributed by atoms with Crippen LogP contribution in [0, 0.1) is 0 Å². The topological polar surface area (TPSA) is 111 Å². The molecule has 1 amide bonds. The van der Waals surface area contributed by atoms with Gasteiger partial charge in [0.05, 0.1) is 7.11 Å². The van der Waals surface area contributed by atoms with Crippen molar-refractivity contribution in [2.24, 2.45) is 5.16 Å². The van der Waals surface area contributed by atoms with E-state index in [9.17, 15) is 18.0 Å². The lowest BCUT2D eigenvalue weighted by Crippen LogP contribution is -2.11. The first-order valence-corrected chi connectivity index (χ1v) is 8.10. The molecule has 24 heavy (non-hydrogen) atoms. The Kier molecular flexibility index (Phi) is 5.14. The zero-order chi connectivity index (χ0) is 17.7. The van der Waals surface area contributed by atoms with Crippen molar-refractivity contribution in [2.75, 3.05) is 12.4 Å². The van der Waals surface area contributed by atoms with E-state index in [2.05, 4.69) is 19.5 Å². The number of carbonyl (C=O) groups excluding carboxylic acids is 2. The van der Waals surface area contributed by atoms with Gasteiger partial charge in [0.15, 0.2) is 5.78 Å². The number of carbonyl (C=O) groups is 2. The molecule has 126 valence electrons. The SMILES string of the molecule is COC(=O)Nc1ccc(S(=O)(=O)O/N=C2/C=CC(=O)C=C2C)cc1. The normalized spacial score (nSPS) is 15.8. The third-order valence-electron chi connectivity index (χ3n) is 2.98. The number of nitrogens with zero attached hydrogens (tertiary/aromatic N) is 1. The third kappa shape index (κ3) is 4.29. The standard InChI is InChI=1S/C15H14N2O6S/c1-10-9-12(18)5-8-14(10)17-23-24(20,21)13-6-3-11(4-7-13)16-15(19)22-2/h3-9H,1-2H3,(H,16,19)/b17-14-. The van der Waals surface area contributed by atoms with Crippen molar-refractivity contribution < 1.29 is 27.0 Å². The fourth-order valence-corrected chi connectivity index (χ4v) is 2.47. The molecule has 0 heterocycles. The van der Waals surface area contributed by atoms with Gasteiger partial charge in [0, 0.05) is 5.69 Å². The number of rotatable bonds is 4. The first-order valence-electron chi connectivity index (χ1n) is 6.69. The van der Waals surface area contributed by atoms with Crippen molar-refractivity contribution in [1.29, 1.82) is 0 Å². The van der Waals surface area contributed by atoms with Crippen molar-refractivity contribution in [3.8, 4) is 0 Å². The van der Waals surface area contributed by atoms with Crippen LogP contribution in [-0.4, -0.2) is 33.1 Å². The summed E-state index contributed by atoms with van der Waals surface area (Å²) in [4.78, 5) is 22.1. The Morgan fingerprint density at radius 3 is 2.42 bits per heavy atom. The van der Waals surface area contributed by atoms with Gasteiger partial charge in [-0.1, -0.05) is 5.16 Å². The number of hydrogen-bond donors (Lipinski definition) is 1. The minimum absolute atomic E-state index is 0.139. The third-order valence-corrected chi connectivity index (χ3v) is 4.10. The molecule has 1 aliphatic rings. The average molecular weight is 350 g/mol. The fraction of sp³-hybridized carbons (Fsp3) is 0.133. The van der Waals surface area contributed by atoms with Gasteiger partial charge in [0.2, 0.25) is 0 Å². The van der Waals surface area contributed by atoms with Gasteiger partial charge >= 0.3 is 16.2 Å². The van der Waals surface area contributed by atoms with E-state index in [1.54, 1.807) is 6.92 Å². The predicted molar refractivity (Wildman–Crippen MR) is 86.1 cm³/mol. The van der Waals surface area contributed by atoms with Gasteiger partial charge in [-0.3, -0.25) is 14.4 Å². The van der Waals surface area contributed by atoms with E-state index in [1.807, 2.05) is 0 Å². The molecular formula is C15H14N2O6S. The van der Waals surface area contributed by atoms with Gasteiger partial charge in [-0.2, -0.15) is 8.42 Å². The molecule has 0 bridgehead atoms. The fourth-order valence-electron chi connectivity index (χ4n) is 1.74. The first kappa shape index (κ1) is 17.4. The predicted octanol–water partition coefficient (Wildman–Crippen LogP) is 2.01. The summed E-state index contributed by atoms with van der Waals surface area (Å²) < 4.78 is 33.2. The minimum Gasteiger partial charge on any atom is -0.453 e. The van der Waals surface area contributed by atoms with Crippen LogP contribution >= 0.6 is 0 Å². The number of allylic oxidation sites excluding steroid dienone is 4. The Morgan fingerprint density at radius 2 is 1.83 bits per heavy atom. The van der Waals surface area contributed by atoms with Crippen LogP contribution in [0.4, 0.5) is 10.5 Å². The quantitative estimate of drug-likeness (QED) is 0.657. The number of ether oxygens (including phenoxy) is 1. The van der Waals surface area contributed by atoms with E-state index in [0.29, 0.717) is 11.3 Å². The summed E-state index contributed by atoms with van der Waals surface area (Å²) in [6.07, 6.45) is 3.28. The second kappa shape index (κ2) is 7.09. The maximum atomic E-state index is 12.1. The molecule has 0 aliphatic heterocycles. The molecule has 0 fully saturated rings. The molecule has 0 radical (unpaired) electrons. The van der Waals surface area contributed by atoms with E-state index < -0.39 is 16.2 Å². The number of methoxy groups -OCH3 is 1. The smallest absolute Gasteiger partial charge is 0.411 e. The van der Waals surface area contributed by atoms with Crippen molar-refractivity contribution in [3.63, 3.8) is 0 Å². The van der Waals surface area contributed by atoms with Crippen molar-refractivity contribution >= 4 is 33.4 Å². The molecule has 1 N–H and O–H groups in total. The van der Waals surface area contributed by atoms with E-state index >= 15 is 0 Å². The number of nitrogens with one attached hydrogen (secondary N) is 1. The summed E-state index contributed by atoms with van der Waals surface area (Å²) in [6, 6.07) is 5.27. The largest absolute Gasteiger partial charge is 0.453 e. The van der Waals surface area contributed by atoms with Gasteiger partial charge in [-0.25, -0.2) is 4.79 Å². The van der Waals surface area contributed by atoms with Crippen LogP contribution in [0.1, 0.15) is 6.92 Å². The van der Waals surface area contributed by atoms with Gasteiger partial charge < -0.3 is 4.74 Å². The molecule has 0 saturated carbocycles. The summed E-state index contributed by atoms with van der Waals surface area (Å²) in [5, 5.41) is 5.95. The molecule has 9 heteroatoms. The van der Waals surface area contributed by atoms with Crippen molar-refractivity contribution in [1.82, 2.24) is 0 Å². The van der Waals surface area contributed by atoms with Crippen LogP contribution in [-0.2, 0) is 23.9 Å². The van der Waals surface area contributed by atoms with Gasteiger partial charge in [0.1, 0.15) is 10.6 Å². The van der Waals surface area contributed by atoms with Crippen LogP contribution in [0.3, 0.4) is 0 Å². The number of oxime groups is 1. The Bertz CT molecular complexity index is 850. The second-order valence-electron chi connectivity index (χ2n) is 4.71. The maximum absolute atomic E-state index is 12.1. The summed E-state index contributed by atoms with van der Waals surface area (Å²) in [7, 11) is -2.91. The van der Waals surface area contributed by atoms with Crippen LogP contribution < -0.4 is 5.32 Å². The summed E-state index contributed by atoms with van der Waals surface area (Å²) >= 11 is 0. The van der Waals surface area contributed by atoms with E-state index in [4.69, 9.17) is 0 Å². The molecule has 0 spiro atoms. The molecule has 1 aromatic rings. The first-order chi connectivity index (χ1) is 11.3. The highest BCUT2D eigenvalue weighted by Crippen LogP contribution is 2.17. The van der Waals surface area contributed by atoms with Crippen LogP contribution in [0.2, 0.25) is 0 Å².